The molecule has 0 aromatic heterocycles. The molecule has 1 amide bonds. The normalized spacial score (nSPS) is 15.5. The highest BCUT2D eigenvalue weighted by Gasteiger charge is 2.23. The molecule has 134 valence electrons. The first-order valence-electron chi connectivity index (χ1n) is 8.03. The Labute approximate surface area is 153 Å². The molecule has 3 N–H and O–H groups in total. The van der Waals surface area contributed by atoms with Crippen molar-refractivity contribution >= 4 is 24.0 Å². The Morgan fingerprint density at radius 3 is 2.68 bits per heavy atom. The summed E-state index contributed by atoms with van der Waals surface area (Å²) in [6.07, 6.45) is 2.95. The molecule has 0 bridgehead atoms. The highest BCUT2D eigenvalue weighted by atomic mass is 35.5. The summed E-state index contributed by atoms with van der Waals surface area (Å²) in [6.45, 7) is 0. The van der Waals surface area contributed by atoms with Crippen LogP contribution in [0.2, 0.25) is 0 Å². The van der Waals surface area contributed by atoms with E-state index >= 15 is 0 Å². The zero-order valence-corrected chi connectivity index (χ0v) is 15.2. The second-order valence-corrected chi connectivity index (χ2v) is 5.94. The van der Waals surface area contributed by atoms with Crippen LogP contribution in [0, 0.1) is 0 Å². The zero-order valence-electron chi connectivity index (χ0n) is 14.4. The third kappa shape index (κ3) is 3.99. The maximum absolute atomic E-state index is 12.7. The molecule has 25 heavy (non-hydrogen) atoms. The summed E-state index contributed by atoms with van der Waals surface area (Å²) < 4.78 is 10.5. The molecule has 2 aromatic rings. The van der Waals surface area contributed by atoms with Crippen LogP contribution < -0.4 is 20.5 Å². The lowest BCUT2D eigenvalue weighted by atomic mass is 9.87. The van der Waals surface area contributed by atoms with Crippen LogP contribution in [-0.2, 0) is 6.42 Å². The van der Waals surface area contributed by atoms with Gasteiger partial charge in [0.2, 0.25) is 0 Å². The molecule has 6 heteroatoms. The van der Waals surface area contributed by atoms with Gasteiger partial charge in [-0.2, -0.15) is 0 Å². The fraction of sp³-hybridized carbons (Fsp3) is 0.316. The summed E-state index contributed by atoms with van der Waals surface area (Å²) in [5.74, 6) is 1.01. The molecule has 0 radical (unpaired) electrons. The number of nitrogens with two attached hydrogens (primary N) is 1. The fourth-order valence-corrected chi connectivity index (χ4v) is 3.21. The SMILES string of the molecule is COc1ccc(C(=O)NC2CCCc3cc(N)ccc32)c(OC)c1.Cl. The van der Waals surface area contributed by atoms with Gasteiger partial charge in [0.05, 0.1) is 25.8 Å². The topological polar surface area (TPSA) is 73.6 Å². The number of halogens is 1. The van der Waals surface area contributed by atoms with Crippen LogP contribution >= 0.6 is 12.4 Å². The molecule has 1 aliphatic rings. The summed E-state index contributed by atoms with van der Waals surface area (Å²) >= 11 is 0. The first-order chi connectivity index (χ1) is 11.6. The highest BCUT2D eigenvalue weighted by molar-refractivity contribution is 5.97. The van der Waals surface area contributed by atoms with E-state index in [9.17, 15) is 4.79 Å². The van der Waals surface area contributed by atoms with Crippen molar-refractivity contribution in [2.75, 3.05) is 20.0 Å². The Bertz CT molecular complexity index is 764. The molecule has 1 unspecified atom stereocenters. The molecule has 1 atom stereocenters. The number of benzene rings is 2. The van der Waals surface area contributed by atoms with E-state index in [1.807, 2.05) is 18.2 Å². The van der Waals surface area contributed by atoms with Crippen molar-refractivity contribution in [2.45, 2.75) is 25.3 Å². The second kappa shape index (κ2) is 8.12. The lowest BCUT2D eigenvalue weighted by Crippen LogP contribution is -2.31. The number of nitrogens with one attached hydrogen (secondary N) is 1. The predicted octanol–water partition coefficient (Wildman–Crippen LogP) is 3.52. The molecule has 3 rings (SSSR count). The molecule has 5 nitrogen and oxygen atoms in total. The number of hydrogen-bond donors (Lipinski definition) is 2. The summed E-state index contributed by atoms with van der Waals surface area (Å²) in [7, 11) is 3.13. The number of nitrogen functional groups attached to an aromatic ring is 1. The van der Waals surface area contributed by atoms with Gasteiger partial charge in [0.25, 0.3) is 5.91 Å². The fourth-order valence-electron chi connectivity index (χ4n) is 3.21. The van der Waals surface area contributed by atoms with E-state index in [1.165, 1.54) is 5.56 Å². The minimum atomic E-state index is -0.149. The van der Waals surface area contributed by atoms with Crippen molar-refractivity contribution in [1.82, 2.24) is 5.32 Å². The molecule has 0 aliphatic heterocycles. The molecule has 0 fully saturated rings. The zero-order chi connectivity index (χ0) is 17.1. The number of aryl methyl sites for hydroxylation is 1. The Morgan fingerprint density at radius 2 is 1.96 bits per heavy atom. The molecular formula is C19H23ClN2O3. The predicted molar refractivity (Wildman–Crippen MR) is 101 cm³/mol. The van der Waals surface area contributed by atoms with E-state index in [4.69, 9.17) is 15.2 Å². The van der Waals surface area contributed by atoms with E-state index < -0.39 is 0 Å². The van der Waals surface area contributed by atoms with Crippen molar-refractivity contribution in [3.8, 4) is 11.5 Å². The van der Waals surface area contributed by atoms with Crippen molar-refractivity contribution in [3.05, 3.63) is 53.1 Å². The molecule has 0 saturated heterocycles. The quantitative estimate of drug-likeness (QED) is 0.816. The first kappa shape index (κ1) is 18.9. The van der Waals surface area contributed by atoms with Crippen molar-refractivity contribution in [1.29, 1.82) is 0 Å². The minimum Gasteiger partial charge on any atom is -0.497 e. The van der Waals surface area contributed by atoms with Crippen LogP contribution in [0.4, 0.5) is 5.69 Å². The smallest absolute Gasteiger partial charge is 0.255 e. The molecule has 0 saturated carbocycles. The van der Waals surface area contributed by atoms with Gasteiger partial charge >= 0.3 is 0 Å². The van der Waals surface area contributed by atoms with Crippen LogP contribution in [0.15, 0.2) is 36.4 Å². The van der Waals surface area contributed by atoms with Crippen molar-refractivity contribution in [2.24, 2.45) is 0 Å². The lowest BCUT2D eigenvalue weighted by Gasteiger charge is -2.27. The van der Waals surface area contributed by atoms with E-state index in [1.54, 1.807) is 32.4 Å². The summed E-state index contributed by atoms with van der Waals surface area (Å²) in [5.41, 5.74) is 9.50. The number of fused-ring (bicyclic) bond motifs is 1. The molecule has 0 spiro atoms. The molecule has 0 heterocycles. The number of amides is 1. The maximum atomic E-state index is 12.7. The number of methoxy groups -OCH3 is 2. The lowest BCUT2D eigenvalue weighted by molar-refractivity contribution is 0.0929. The van der Waals surface area contributed by atoms with Crippen LogP contribution in [-0.4, -0.2) is 20.1 Å². The summed E-state index contributed by atoms with van der Waals surface area (Å²) in [4.78, 5) is 12.7. The van der Waals surface area contributed by atoms with Gasteiger partial charge in [-0.3, -0.25) is 4.79 Å². The minimum absolute atomic E-state index is 0. The third-order valence-corrected chi connectivity index (χ3v) is 4.44. The first-order valence-corrected chi connectivity index (χ1v) is 8.03. The van der Waals surface area contributed by atoms with Gasteiger partial charge < -0.3 is 20.5 Å². The Hall–Kier alpha value is -2.40. The molecule has 2 aromatic carbocycles. The average molecular weight is 363 g/mol. The van der Waals surface area contributed by atoms with Crippen LogP contribution in [0.5, 0.6) is 11.5 Å². The van der Waals surface area contributed by atoms with Gasteiger partial charge in [-0.15, -0.1) is 12.4 Å². The van der Waals surface area contributed by atoms with Crippen LogP contribution in [0.1, 0.15) is 40.4 Å². The van der Waals surface area contributed by atoms with E-state index in [-0.39, 0.29) is 24.4 Å². The maximum Gasteiger partial charge on any atom is 0.255 e. The Balaban J connectivity index is 0.00000225. The van der Waals surface area contributed by atoms with Crippen molar-refractivity contribution < 1.29 is 14.3 Å². The molecule has 1 aliphatic carbocycles. The standard InChI is InChI=1S/C19H22N2O3.ClH/c1-23-14-7-9-16(18(11-14)24-2)19(22)21-17-5-3-4-12-10-13(20)6-8-15(12)17;/h6-11,17H,3-5,20H2,1-2H3,(H,21,22);1H. The number of ether oxygens (including phenoxy) is 2. The molecular weight excluding hydrogens is 340 g/mol. The number of anilines is 1. The van der Waals surface area contributed by atoms with E-state index in [2.05, 4.69) is 5.32 Å². The van der Waals surface area contributed by atoms with E-state index in [0.717, 1.165) is 30.5 Å². The monoisotopic (exact) mass is 362 g/mol. The Kier molecular flexibility index (Phi) is 6.15. The number of hydrogen-bond acceptors (Lipinski definition) is 4. The largest absolute Gasteiger partial charge is 0.497 e. The van der Waals surface area contributed by atoms with Gasteiger partial charge in [0.15, 0.2) is 0 Å². The van der Waals surface area contributed by atoms with E-state index in [0.29, 0.717) is 17.1 Å². The Morgan fingerprint density at radius 1 is 1.16 bits per heavy atom. The second-order valence-electron chi connectivity index (χ2n) is 5.94. The van der Waals surface area contributed by atoms with Gasteiger partial charge in [0, 0.05) is 11.8 Å². The van der Waals surface area contributed by atoms with Gasteiger partial charge in [0.1, 0.15) is 11.5 Å². The number of carbonyl (C=O) groups excluding carboxylic acids is 1. The van der Waals surface area contributed by atoms with Crippen molar-refractivity contribution in [3.63, 3.8) is 0 Å². The highest BCUT2D eigenvalue weighted by Crippen LogP contribution is 2.32. The van der Waals surface area contributed by atoms with Gasteiger partial charge in [-0.25, -0.2) is 0 Å². The number of carbonyl (C=O) groups is 1. The van der Waals surface area contributed by atoms with Gasteiger partial charge in [-0.1, -0.05) is 6.07 Å². The van der Waals surface area contributed by atoms with Crippen LogP contribution in [0.3, 0.4) is 0 Å². The summed E-state index contributed by atoms with van der Waals surface area (Å²) in [5, 5.41) is 3.12. The summed E-state index contributed by atoms with van der Waals surface area (Å²) in [6, 6.07) is 11.1. The van der Waals surface area contributed by atoms with Crippen LogP contribution in [0.25, 0.3) is 0 Å². The average Bonchev–Trinajstić information content (AvgIpc) is 2.60. The number of rotatable bonds is 4. The van der Waals surface area contributed by atoms with Gasteiger partial charge in [-0.05, 0) is 54.7 Å². The third-order valence-electron chi connectivity index (χ3n) is 4.44.